The first kappa shape index (κ1) is 19.5. The third-order valence-corrected chi connectivity index (χ3v) is 5.05. The Kier molecular flexibility index (Phi) is 6.96. The minimum Gasteiger partial charge on any atom is -0.497 e. The number of rotatable bonds is 8. The van der Waals surface area contributed by atoms with Gasteiger partial charge in [-0.2, -0.15) is 0 Å². The molecular formula is C22H30N2O3. The van der Waals surface area contributed by atoms with Gasteiger partial charge in [0, 0.05) is 38.4 Å². The largest absolute Gasteiger partial charge is 0.497 e. The molecule has 5 heteroatoms. The van der Waals surface area contributed by atoms with Crippen molar-refractivity contribution in [1.29, 1.82) is 0 Å². The molecule has 0 unspecified atom stereocenters. The van der Waals surface area contributed by atoms with Crippen LogP contribution in [0.25, 0.3) is 0 Å². The van der Waals surface area contributed by atoms with Crippen molar-refractivity contribution >= 4 is 5.69 Å². The fraction of sp³-hybridized carbons (Fsp3) is 0.455. The second-order valence-electron chi connectivity index (χ2n) is 6.95. The second kappa shape index (κ2) is 9.62. The van der Waals surface area contributed by atoms with Gasteiger partial charge in [-0.25, -0.2) is 0 Å². The molecule has 1 saturated heterocycles. The third-order valence-electron chi connectivity index (χ3n) is 5.05. The highest BCUT2D eigenvalue weighted by molar-refractivity contribution is 5.49. The molecule has 1 aliphatic rings. The molecule has 1 fully saturated rings. The first-order chi connectivity index (χ1) is 13.2. The molecule has 0 aliphatic carbocycles. The Morgan fingerprint density at radius 2 is 1.56 bits per heavy atom. The Morgan fingerprint density at radius 3 is 2.15 bits per heavy atom. The number of β-amino-alcohol motifs (C(OH)–C–C–N with tert-alkyl or cyclic N) is 1. The average molecular weight is 370 g/mol. The normalized spacial score (nSPS) is 16.2. The minimum atomic E-state index is -0.483. The number of nitrogens with zero attached hydrogens (tertiary/aromatic N) is 2. The second-order valence-corrected chi connectivity index (χ2v) is 6.95. The van der Waals surface area contributed by atoms with Gasteiger partial charge in [-0.15, -0.1) is 0 Å². The predicted molar refractivity (Wildman–Crippen MR) is 109 cm³/mol. The first-order valence-corrected chi connectivity index (χ1v) is 9.69. The van der Waals surface area contributed by atoms with E-state index < -0.39 is 6.10 Å². The summed E-state index contributed by atoms with van der Waals surface area (Å²) in [5, 5.41) is 10.3. The summed E-state index contributed by atoms with van der Waals surface area (Å²) in [6, 6.07) is 16.3. The van der Waals surface area contributed by atoms with Crippen LogP contribution in [0.2, 0.25) is 0 Å². The Labute approximate surface area is 162 Å². The Hall–Kier alpha value is -2.24. The lowest BCUT2D eigenvalue weighted by molar-refractivity contribution is 0.0663. The van der Waals surface area contributed by atoms with Gasteiger partial charge in [0.05, 0.1) is 7.11 Å². The van der Waals surface area contributed by atoms with Gasteiger partial charge in [-0.3, -0.25) is 4.90 Å². The first-order valence-electron chi connectivity index (χ1n) is 9.69. The number of aliphatic hydroxyl groups excluding tert-OH is 1. The van der Waals surface area contributed by atoms with Crippen LogP contribution < -0.4 is 14.4 Å². The van der Waals surface area contributed by atoms with Crippen LogP contribution in [-0.4, -0.2) is 62.6 Å². The van der Waals surface area contributed by atoms with Gasteiger partial charge in [0.1, 0.15) is 24.2 Å². The maximum atomic E-state index is 10.3. The van der Waals surface area contributed by atoms with Crippen molar-refractivity contribution in [3.63, 3.8) is 0 Å². The maximum Gasteiger partial charge on any atom is 0.119 e. The number of anilines is 1. The topological polar surface area (TPSA) is 45.2 Å². The zero-order chi connectivity index (χ0) is 19.1. The Balaban J connectivity index is 1.40. The fourth-order valence-electron chi connectivity index (χ4n) is 3.35. The molecular weight excluding hydrogens is 340 g/mol. The van der Waals surface area contributed by atoms with E-state index in [2.05, 4.69) is 41.0 Å². The van der Waals surface area contributed by atoms with Crippen LogP contribution >= 0.6 is 0 Å². The van der Waals surface area contributed by atoms with Crippen LogP contribution in [0.15, 0.2) is 48.5 Å². The molecule has 2 aromatic carbocycles. The summed E-state index contributed by atoms with van der Waals surface area (Å²) < 4.78 is 10.9. The summed E-state index contributed by atoms with van der Waals surface area (Å²) >= 11 is 0. The maximum absolute atomic E-state index is 10.3. The molecule has 0 radical (unpaired) electrons. The lowest BCUT2D eigenvalue weighted by Crippen LogP contribution is -2.49. The molecule has 1 aliphatic heterocycles. The van der Waals surface area contributed by atoms with Gasteiger partial charge in [0.2, 0.25) is 0 Å². The van der Waals surface area contributed by atoms with E-state index in [1.165, 1.54) is 11.3 Å². The number of benzene rings is 2. The van der Waals surface area contributed by atoms with E-state index >= 15 is 0 Å². The number of hydrogen-bond acceptors (Lipinski definition) is 5. The highest BCUT2D eigenvalue weighted by atomic mass is 16.5. The summed E-state index contributed by atoms with van der Waals surface area (Å²) in [6.45, 7) is 6.89. The van der Waals surface area contributed by atoms with Gasteiger partial charge in [0.25, 0.3) is 0 Å². The minimum absolute atomic E-state index is 0.324. The summed E-state index contributed by atoms with van der Waals surface area (Å²) in [7, 11) is 1.68. The standard InChI is InChI=1S/C22H30N2O3/c1-3-18-4-8-22(9-5-18)27-17-20(25)16-23-12-14-24(15-13-23)19-6-10-21(26-2)11-7-19/h4-11,20,25H,3,12-17H2,1-2H3/t20-/m0/s1. The van der Waals surface area contributed by atoms with E-state index in [9.17, 15) is 5.11 Å². The number of hydrogen-bond donors (Lipinski definition) is 1. The molecule has 1 N–H and O–H groups in total. The van der Waals surface area contributed by atoms with Crippen molar-refractivity contribution in [2.24, 2.45) is 0 Å². The zero-order valence-corrected chi connectivity index (χ0v) is 16.3. The zero-order valence-electron chi connectivity index (χ0n) is 16.3. The number of piperazine rings is 1. The summed E-state index contributed by atoms with van der Waals surface area (Å²) in [5.41, 5.74) is 2.51. The number of aliphatic hydroxyl groups is 1. The molecule has 3 rings (SSSR count). The molecule has 146 valence electrons. The highest BCUT2D eigenvalue weighted by Gasteiger charge is 2.19. The predicted octanol–water partition coefficient (Wildman–Crippen LogP) is 2.82. The molecule has 0 spiro atoms. The molecule has 1 heterocycles. The van der Waals surface area contributed by atoms with Gasteiger partial charge < -0.3 is 19.5 Å². The highest BCUT2D eigenvalue weighted by Crippen LogP contribution is 2.20. The van der Waals surface area contributed by atoms with Crippen molar-refractivity contribution < 1.29 is 14.6 Å². The Bertz CT molecular complexity index is 680. The van der Waals surface area contributed by atoms with E-state index in [4.69, 9.17) is 9.47 Å². The van der Waals surface area contributed by atoms with Crippen LogP contribution in [0.1, 0.15) is 12.5 Å². The van der Waals surface area contributed by atoms with E-state index in [1.807, 2.05) is 24.3 Å². The number of methoxy groups -OCH3 is 1. The fourth-order valence-corrected chi connectivity index (χ4v) is 3.35. The van der Waals surface area contributed by atoms with Crippen LogP contribution in [0, 0.1) is 0 Å². The molecule has 1 atom stereocenters. The molecule has 0 aromatic heterocycles. The molecule has 27 heavy (non-hydrogen) atoms. The van der Waals surface area contributed by atoms with E-state index in [0.29, 0.717) is 13.2 Å². The SMILES string of the molecule is CCc1ccc(OC[C@@H](O)CN2CCN(c3ccc(OC)cc3)CC2)cc1. The number of aryl methyl sites for hydroxylation is 1. The summed E-state index contributed by atoms with van der Waals surface area (Å²) in [5.74, 6) is 1.69. The van der Waals surface area contributed by atoms with Gasteiger partial charge >= 0.3 is 0 Å². The summed E-state index contributed by atoms with van der Waals surface area (Å²) in [4.78, 5) is 4.67. The van der Waals surface area contributed by atoms with Crippen LogP contribution in [0.4, 0.5) is 5.69 Å². The van der Waals surface area contributed by atoms with Crippen molar-refractivity contribution in [3.8, 4) is 11.5 Å². The molecule has 0 amide bonds. The summed E-state index contributed by atoms with van der Waals surface area (Å²) in [6.07, 6.45) is 0.536. The third kappa shape index (κ3) is 5.62. The van der Waals surface area contributed by atoms with Gasteiger partial charge in [0.15, 0.2) is 0 Å². The van der Waals surface area contributed by atoms with E-state index in [-0.39, 0.29) is 0 Å². The van der Waals surface area contributed by atoms with Crippen LogP contribution in [0.5, 0.6) is 11.5 Å². The molecule has 0 saturated carbocycles. The van der Waals surface area contributed by atoms with Crippen LogP contribution in [-0.2, 0) is 6.42 Å². The monoisotopic (exact) mass is 370 g/mol. The van der Waals surface area contributed by atoms with Crippen molar-refractivity contribution in [1.82, 2.24) is 4.90 Å². The lowest BCUT2D eigenvalue weighted by atomic mass is 10.2. The van der Waals surface area contributed by atoms with Crippen molar-refractivity contribution in [3.05, 3.63) is 54.1 Å². The molecule has 2 aromatic rings. The van der Waals surface area contributed by atoms with E-state index in [1.54, 1.807) is 7.11 Å². The van der Waals surface area contributed by atoms with E-state index in [0.717, 1.165) is 44.1 Å². The lowest BCUT2D eigenvalue weighted by Gasteiger charge is -2.36. The van der Waals surface area contributed by atoms with Crippen molar-refractivity contribution in [2.75, 3.05) is 51.3 Å². The smallest absolute Gasteiger partial charge is 0.119 e. The van der Waals surface area contributed by atoms with Crippen LogP contribution in [0.3, 0.4) is 0 Å². The number of ether oxygens (including phenoxy) is 2. The van der Waals surface area contributed by atoms with Gasteiger partial charge in [-0.1, -0.05) is 19.1 Å². The average Bonchev–Trinajstić information content (AvgIpc) is 2.73. The van der Waals surface area contributed by atoms with Crippen molar-refractivity contribution in [2.45, 2.75) is 19.4 Å². The molecule has 0 bridgehead atoms. The molecule has 5 nitrogen and oxygen atoms in total. The Morgan fingerprint density at radius 1 is 0.926 bits per heavy atom. The van der Waals surface area contributed by atoms with Gasteiger partial charge in [-0.05, 0) is 48.4 Å². The quantitative estimate of drug-likeness (QED) is 0.774.